The number of nitrogens with zero attached hydrogens (tertiary/aromatic N) is 1. The average molecular weight is 499 g/mol. The highest BCUT2D eigenvalue weighted by molar-refractivity contribution is 6.04. The topological polar surface area (TPSA) is 95.5 Å². The lowest BCUT2D eigenvalue weighted by atomic mass is 10.0. The predicted molar refractivity (Wildman–Crippen MR) is 141 cm³/mol. The van der Waals surface area contributed by atoms with Gasteiger partial charge in [-0.3, -0.25) is 4.79 Å². The van der Waals surface area contributed by atoms with Crippen LogP contribution in [0.1, 0.15) is 31.8 Å². The Kier molecular flexibility index (Phi) is 7.68. The molecule has 0 heterocycles. The lowest BCUT2D eigenvalue weighted by Crippen LogP contribution is -2.18. The Morgan fingerprint density at radius 2 is 1.51 bits per heavy atom. The highest BCUT2D eigenvalue weighted by Gasteiger charge is 2.17. The van der Waals surface area contributed by atoms with Crippen LogP contribution in [0.2, 0.25) is 0 Å². The van der Waals surface area contributed by atoms with Gasteiger partial charge in [-0.05, 0) is 48.0 Å². The van der Waals surface area contributed by atoms with Gasteiger partial charge in [0.05, 0.1) is 33.1 Å². The van der Waals surface area contributed by atoms with Gasteiger partial charge < -0.3 is 18.9 Å². The molecule has 0 spiro atoms. The zero-order valence-electron chi connectivity index (χ0n) is 20.9. The Hall–Kier alpha value is -4.85. The summed E-state index contributed by atoms with van der Waals surface area (Å²) in [5.74, 6) is 0.395. The van der Waals surface area contributed by atoms with Crippen LogP contribution in [-0.2, 0) is 0 Å². The number of benzene rings is 4. The smallest absolute Gasteiger partial charge is 0.343 e. The summed E-state index contributed by atoms with van der Waals surface area (Å²) in [6.07, 6.45) is 1.46. The molecule has 8 heteroatoms. The summed E-state index contributed by atoms with van der Waals surface area (Å²) in [5, 5.41) is 5.88. The van der Waals surface area contributed by atoms with E-state index in [2.05, 4.69) is 10.5 Å². The van der Waals surface area contributed by atoms with Gasteiger partial charge in [-0.25, -0.2) is 10.2 Å². The largest absolute Gasteiger partial charge is 0.493 e. The molecule has 4 rings (SSSR count). The van der Waals surface area contributed by atoms with Crippen LogP contribution in [0.15, 0.2) is 77.9 Å². The standard InChI is InChI=1S/C29H26N2O6/c1-18-8-7-10-20(14-18)29(33)37-24-13-12-19-9-5-6-11-22(19)23(24)17-30-31-28(32)21-15-25(34-2)27(36-4)26(16-21)35-3/h5-17H,1-4H3,(H,31,32). The van der Waals surface area contributed by atoms with Crippen LogP contribution >= 0.6 is 0 Å². The number of fused-ring (bicyclic) bond motifs is 1. The summed E-state index contributed by atoms with van der Waals surface area (Å²) in [5.41, 5.74) is 4.70. The van der Waals surface area contributed by atoms with Crippen LogP contribution in [0.4, 0.5) is 0 Å². The quantitative estimate of drug-likeness (QED) is 0.156. The van der Waals surface area contributed by atoms with E-state index in [1.165, 1.54) is 39.7 Å². The normalized spacial score (nSPS) is 10.8. The van der Waals surface area contributed by atoms with Crippen molar-refractivity contribution in [3.63, 3.8) is 0 Å². The Morgan fingerprint density at radius 1 is 0.784 bits per heavy atom. The van der Waals surface area contributed by atoms with Crippen LogP contribution in [0, 0.1) is 6.92 Å². The maximum absolute atomic E-state index is 12.9. The lowest BCUT2D eigenvalue weighted by molar-refractivity contribution is 0.0734. The zero-order chi connectivity index (χ0) is 26.4. The second-order valence-electron chi connectivity index (χ2n) is 8.07. The molecule has 4 aromatic carbocycles. The average Bonchev–Trinajstić information content (AvgIpc) is 2.92. The van der Waals surface area contributed by atoms with E-state index in [0.29, 0.717) is 34.1 Å². The van der Waals surface area contributed by atoms with E-state index in [1.54, 1.807) is 24.3 Å². The first-order valence-electron chi connectivity index (χ1n) is 11.4. The molecule has 37 heavy (non-hydrogen) atoms. The Bertz CT molecular complexity index is 1470. The molecule has 1 amide bonds. The van der Waals surface area contributed by atoms with Crippen LogP contribution in [0.5, 0.6) is 23.0 Å². The number of esters is 1. The minimum atomic E-state index is -0.492. The SMILES string of the molecule is COc1cc(C(=O)NN=Cc2c(OC(=O)c3cccc(C)c3)ccc3ccccc23)cc(OC)c1OC. The first-order valence-corrected chi connectivity index (χ1v) is 11.4. The number of hydrogen-bond donors (Lipinski definition) is 1. The summed E-state index contributed by atoms with van der Waals surface area (Å²) in [6.45, 7) is 1.90. The van der Waals surface area contributed by atoms with Crippen LogP contribution in [-0.4, -0.2) is 39.4 Å². The molecule has 4 aromatic rings. The van der Waals surface area contributed by atoms with Crippen LogP contribution in [0.25, 0.3) is 10.8 Å². The van der Waals surface area contributed by atoms with Gasteiger partial charge in [-0.15, -0.1) is 0 Å². The van der Waals surface area contributed by atoms with Crippen molar-refractivity contribution in [2.45, 2.75) is 6.92 Å². The fourth-order valence-corrected chi connectivity index (χ4v) is 3.86. The van der Waals surface area contributed by atoms with E-state index >= 15 is 0 Å². The summed E-state index contributed by atoms with van der Waals surface area (Å²) in [6, 6.07) is 21.4. The molecule has 0 atom stereocenters. The Morgan fingerprint density at radius 3 is 2.19 bits per heavy atom. The summed E-state index contributed by atoms with van der Waals surface area (Å²) < 4.78 is 21.7. The van der Waals surface area contributed by atoms with Crippen molar-refractivity contribution in [1.82, 2.24) is 5.43 Å². The minimum Gasteiger partial charge on any atom is -0.493 e. The predicted octanol–water partition coefficient (Wildman–Crippen LogP) is 5.16. The van der Waals surface area contributed by atoms with E-state index in [1.807, 2.05) is 43.3 Å². The molecule has 0 aliphatic heterocycles. The molecule has 8 nitrogen and oxygen atoms in total. The number of hydrogen-bond acceptors (Lipinski definition) is 7. The number of hydrazone groups is 1. The van der Waals surface area contributed by atoms with E-state index in [0.717, 1.165) is 16.3 Å². The van der Waals surface area contributed by atoms with Gasteiger partial charge in [0.1, 0.15) is 5.75 Å². The molecule has 0 aromatic heterocycles. The molecule has 0 saturated carbocycles. The van der Waals surface area contributed by atoms with Crippen LogP contribution in [0.3, 0.4) is 0 Å². The first kappa shape index (κ1) is 25.2. The third kappa shape index (κ3) is 5.54. The number of rotatable bonds is 8. The summed E-state index contributed by atoms with van der Waals surface area (Å²) >= 11 is 0. The van der Waals surface area contributed by atoms with E-state index in [-0.39, 0.29) is 5.56 Å². The van der Waals surface area contributed by atoms with Crippen molar-refractivity contribution in [2.24, 2.45) is 5.10 Å². The van der Waals surface area contributed by atoms with Crippen molar-refractivity contribution < 1.29 is 28.5 Å². The maximum Gasteiger partial charge on any atom is 0.343 e. The van der Waals surface area contributed by atoms with Crippen molar-refractivity contribution in [1.29, 1.82) is 0 Å². The number of aryl methyl sites for hydroxylation is 1. The number of methoxy groups -OCH3 is 3. The van der Waals surface area contributed by atoms with Gasteiger partial charge in [-0.2, -0.15) is 5.10 Å². The van der Waals surface area contributed by atoms with Gasteiger partial charge in [0.25, 0.3) is 5.91 Å². The molecule has 0 aliphatic carbocycles. The number of ether oxygens (including phenoxy) is 4. The van der Waals surface area contributed by atoms with E-state index < -0.39 is 11.9 Å². The highest BCUT2D eigenvalue weighted by atomic mass is 16.5. The van der Waals surface area contributed by atoms with Crippen molar-refractivity contribution in [2.75, 3.05) is 21.3 Å². The minimum absolute atomic E-state index is 0.260. The highest BCUT2D eigenvalue weighted by Crippen LogP contribution is 2.38. The summed E-state index contributed by atoms with van der Waals surface area (Å²) in [4.78, 5) is 25.7. The molecule has 0 aliphatic rings. The number of carbonyl (C=O) groups is 2. The van der Waals surface area contributed by atoms with Gasteiger partial charge in [0.2, 0.25) is 5.75 Å². The molecule has 1 N–H and O–H groups in total. The number of amides is 1. The fourth-order valence-electron chi connectivity index (χ4n) is 3.86. The second kappa shape index (κ2) is 11.3. The molecule has 0 unspecified atom stereocenters. The summed E-state index contributed by atoms with van der Waals surface area (Å²) in [7, 11) is 4.42. The molecule has 0 bridgehead atoms. The number of carbonyl (C=O) groups excluding carboxylic acids is 2. The third-order valence-electron chi connectivity index (χ3n) is 5.67. The Labute approximate surface area is 214 Å². The van der Waals surface area contributed by atoms with Gasteiger partial charge in [0.15, 0.2) is 11.5 Å². The van der Waals surface area contributed by atoms with Crippen molar-refractivity contribution in [3.8, 4) is 23.0 Å². The second-order valence-corrected chi connectivity index (χ2v) is 8.07. The first-order chi connectivity index (χ1) is 17.9. The van der Waals surface area contributed by atoms with Gasteiger partial charge in [0, 0.05) is 11.1 Å². The molecular weight excluding hydrogens is 472 g/mol. The van der Waals surface area contributed by atoms with Crippen molar-refractivity contribution >= 4 is 28.9 Å². The Balaban J connectivity index is 1.63. The van der Waals surface area contributed by atoms with E-state index in [4.69, 9.17) is 18.9 Å². The fraction of sp³-hybridized carbons (Fsp3) is 0.138. The third-order valence-corrected chi connectivity index (χ3v) is 5.67. The van der Waals surface area contributed by atoms with E-state index in [9.17, 15) is 9.59 Å². The molecule has 0 fully saturated rings. The van der Waals surface area contributed by atoms with Gasteiger partial charge >= 0.3 is 5.97 Å². The molecule has 0 radical (unpaired) electrons. The van der Waals surface area contributed by atoms with Crippen molar-refractivity contribution in [3.05, 3.63) is 95.1 Å². The monoisotopic (exact) mass is 498 g/mol. The molecule has 0 saturated heterocycles. The molecule has 188 valence electrons. The lowest BCUT2D eigenvalue weighted by Gasteiger charge is -2.13. The van der Waals surface area contributed by atoms with Crippen LogP contribution < -0.4 is 24.4 Å². The maximum atomic E-state index is 12.9. The number of nitrogens with one attached hydrogen (secondary N) is 1. The van der Waals surface area contributed by atoms with Gasteiger partial charge in [-0.1, -0.05) is 48.0 Å². The molecular formula is C29H26N2O6. The zero-order valence-corrected chi connectivity index (χ0v) is 20.9.